The molecule has 0 amide bonds. The van der Waals surface area contributed by atoms with Gasteiger partial charge in [0.2, 0.25) is 0 Å². The van der Waals surface area contributed by atoms with E-state index in [0.717, 1.165) is 0 Å². The lowest BCUT2D eigenvalue weighted by atomic mass is 10.3. The average Bonchev–Trinajstić information content (AvgIpc) is 1.65. The number of alkyl halides is 1. The fourth-order valence-electron chi connectivity index (χ4n) is 0.464. The number of hydrogen-bond acceptors (Lipinski definition) is 2. The molecule has 2 nitrogen and oxygen atoms in total. The minimum absolute atomic E-state index is 0.137. The smallest absolute Gasteiger partial charge is 0.125 e. The Kier molecular flexibility index (Phi) is 1.38. The Morgan fingerprint density at radius 1 is 1.75 bits per heavy atom. The van der Waals surface area contributed by atoms with E-state index < -0.39 is 0 Å². The zero-order chi connectivity index (χ0) is 6.04. The summed E-state index contributed by atoms with van der Waals surface area (Å²) in [4.78, 5) is 3.91. The van der Waals surface area contributed by atoms with Gasteiger partial charge in [0.1, 0.15) is 4.45 Å². The van der Waals surface area contributed by atoms with E-state index in [4.69, 9.17) is 0 Å². The van der Waals surface area contributed by atoms with Gasteiger partial charge in [-0.25, -0.2) is 0 Å². The fourth-order valence-corrected chi connectivity index (χ4v) is 0.714. The molecule has 1 atom stereocenters. The maximum absolute atomic E-state index is 3.91. The van der Waals surface area contributed by atoms with E-state index in [0.29, 0.717) is 0 Å². The fraction of sp³-hybridized carbons (Fsp3) is 0.400. The molecule has 1 rings (SSSR count). The molecule has 3 heteroatoms. The molecule has 0 radical (unpaired) electrons. The highest BCUT2D eigenvalue weighted by Gasteiger charge is 2.14. The summed E-state index contributed by atoms with van der Waals surface area (Å²) in [6.45, 7) is 1.99. The third-order valence-electron chi connectivity index (χ3n) is 0.843. The second-order valence-corrected chi connectivity index (χ2v) is 3.46. The molecule has 1 N–H and O–H groups in total. The van der Waals surface area contributed by atoms with E-state index in [2.05, 4.69) is 26.2 Å². The first-order valence-corrected chi connectivity index (χ1v) is 3.16. The lowest BCUT2D eigenvalue weighted by Gasteiger charge is -2.18. The van der Waals surface area contributed by atoms with Gasteiger partial charge in [-0.2, -0.15) is 0 Å². The predicted molar refractivity (Wildman–Crippen MR) is 38.1 cm³/mol. The first kappa shape index (κ1) is 5.82. The van der Waals surface area contributed by atoms with Gasteiger partial charge in [-0.05, 0) is 6.92 Å². The van der Waals surface area contributed by atoms with Crippen LogP contribution in [0.25, 0.3) is 0 Å². The second kappa shape index (κ2) is 1.90. The van der Waals surface area contributed by atoms with Crippen LogP contribution in [0.1, 0.15) is 6.92 Å². The summed E-state index contributed by atoms with van der Waals surface area (Å²) < 4.78 is -0.137. The quantitative estimate of drug-likeness (QED) is 0.434. The largest absolute Gasteiger partial charge is 0.371 e. The van der Waals surface area contributed by atoms with Crippen LogP contribution >= 0.6 is 15.9 Å². The van der Waals surface area contributed by atoms with E-state index >= 15 is 0 Å². The summed E-state index contributed by atoms with van der Waals surface area (Å²) in [7, 11) is 0. The van der Waals surface area contributed by atoms with Gasteiger partial charge in [0.05, 0.1) is 0 Å². The van der Waals surface area contributed by atoms with Crippen molar-refractivity contribution >= 4 is 22.1 Å². The molecule has 0 aliphatic carbocycles. The van der Waals surface area contributed by atoms with E-state index in [1.807, 2.05) is 6.92 Å². The number of halogens is 1. The molecule has 44 valence electrons. The van der Waals surface area contributed by atoms with Crippen LogP contribution in [-0.2, 0) is 0 Å². The Morgan fingerprint density at radius 3 is 2.75 bits per heavy atom. The summed E-state index contributed by atoms with van der Waals surface area (Å²) in [6.07, 6.45) is 5.31. The van der Waals surface area contributed by atoms with Crippen LogP contribution < -0.4 is 5.32 Å². The Morgan fingerprint density at radius 2 is 2.50 bits per heavy atom. The first-order valence-electron chi connectivity index (χ1n) is 2.37. The number of hydrogen-bond donors (Lipinski definition) is 1. The van der Waals surface area contributed by atoms with Crippen molar-refractivity contribution in [3.8, 4) is 0 Å². The van der Waals surface area contributed by atoms with Gasteiger partial charge in [0, 0.05) is 18.6 Å². The van der Waals surface area contributed by atoms with Crippen molar-refractivity contribution in [2.24, 2.45) is 4.99 Å². The van der Waals surface area contributed by atoms with Crippen LogP contribution in [0.4, 0.5) is 0 Å². The van der Waals surface area contributed by atoms with Crippen molar-refractivity contribution in [2.75, 3.05) is 0 Å². The van der Waals surface area contributed by atoms with E-state index in [9.17, 15) is 0 Å². The minimum Gasteiger partial charge on any atom is -0.371 e. The molecular formula is C5H7BrN2. The zero-order valence-electron chi connectivity index (χ0n) is 4.56. The van der Waals surface area contributed by atoms with Gasteiger partial charge in [-0.1, -0.05) is 15.9 Å². The van der Waals surface area contributed by atoms with E-state index in [1.54, 1.807) is 18.6 Å². The molecule has 0 aromatic heterocycles. The van der Waals surface area contributed by atoms with Crippen LogP contribution in [0.2, 0.25) is 0 Å². The van der Waals surface area contributed by atoms with E-state index in [1.165, 1.54) is 0 Å². The van der Waals surface area contributed by atoms with Crippen LogP contribution in [0.5, 0.6) is 0 Å². The normalized spacial score (nSPS) is 34.8. The summed E-state index contributed by atoms with van der Waals surface area (Å²) >= 11 is 3.38. The van der Waals surface area contributed by atoms with Crippen LogP contribution in [0.15, 0.2) is 17.4 Å². The van der Waals surface area contributed by atoms with Crippen molar-refractivity contribution in [1.82, 2.24) is 5.32 Å². The molecular weight excluding hydrogens is 168 g/mol. The lowest BCUT2D eigenvalue weighted by molar-refractivity contribution is 0.762. The van der Waals surface area contributed by atoms with Crippen LogP contribution in [0.3, 0.4) is 0 Å². The zero-order valence-corrected chi connectivity index (χ0v) is 6.14. The first-order chi connectivity index (χ1) is 3.71. The molecule has 0 aromatic rings. The van der Waals surface area contributed by atoms with Gasteiger partial charge in [0.25, 0.3) is 0 Å². The Bertz CT molecular complexity index is 137. The highest BCUT2D eigenvalue weighted by molar-refractivity contribution is 9.10. The molecule has 0 saturated carbocycles. The highest BCUT2D eigenvalue weighted by atomic mass is 79.9. The third kappa shape index (κ3) is 1.33. The van der Waals surface area contributed by atoms with Gasteiger partial charge < -0.3 is 5.32 Å². The Balaban J connectivity index is 2.65. The Hall–Kier alpha value is -0.310. The summed E-state index contributed by atoms with van der Waals surface area (Å²) in [5, 5.41) is 3.05. The number of nitrogens with one attached hydrogen (secondary N) is 1. The summed E-state index contributed by atoms with van der Waals surface area (Å²) in [6, 6.07) is 0. The minimum atomic E-state index is -0.137. The molecule has 1 aliphatic rings. The molecule has 8 heavy (non-hydrogen) atoms. The molecule has 0 aromatic carbocycles. The molecule has 1 aliphatic heterocycles. The van der Waals surface area contributed by atoms with Gasteiger partial charge in [-0.3, -0.25) is 4.99 Å². The van der Waals surface area contributed by atoms with Crippen molar-refractivity contribution in [1.29, 1.82) is 0 Å². The third-order valence-corrected chi connectivity index (χ3v) is 1.28. The monoisotopic (exact) mass is 174 g/mol. The lowest BCUT2D eigenvalue weighted by Crippen LogP contribution is -2.34. The highest BCUT2D eigenvalue weighted by Crippen LogP contribution is 2.11. The topological polar surface area (TPSA) is 24.4 Å². The number of nitrogens with zero attached hydrogens (tertiary/aromatic N) is 1. The summed E-state index contributed by atoms with van der Waals surface area (Å²) in [5.74, 6) is 0. The average molecular weight is 175 g/mol. The molecule has 0 saturated heterocycles. The van der Waals surface area contributed by atoms with Gasteiger partial charge >= 0.3 is 0 Å². The Labute approximate surface area is 56.8 Å². The number of aliphatic imine (C=N–C) groups is 1. The number of rotatable bonds is 0. The second-order valence-electron chi connectivity index (χ2n) is 1.81. The molecule has 0 bridgehead atoms. The van der Waals surface area contributed by atoms with Crippen molar-refractivity contribution < 1.29 is 0 Å². The van der Waals surface area contributed by atoms with E-state index in [-0.39, 0.29) is 4.45 Å². The van der Waals surface area contributed by atoms with Crippen LogP contribution in [-0.4, -0.2) is 10.7 Å². The van der Waals surface area contributed by atoms with Crippen molar-refractivity contribution in [3.63, 3.8) is 0 Å². The summed E-state index contributed by atoms with van der Waals surface area (Å²) in [5.41, 5.74) is 0. The molecule has 0 fully saturated rings. The standard InChI is InChI=1S/C5H7BrN2/c1-5(6)4-7-2-3-8-5/h2-4,8H,1H3. The van der Waals surface area contributed by atoms with Crippen molar-refractivity contribution in [3.05, 3.63) is 12.4 Å². The van der Waals surface area contributed by atoms with Gasteiger partial charge in [0.15, 0.2) is 0 Å². The molecule has 0 spiro atoms. The maximum Gasteiger partial charge on any atom is 0.125 e. The maximum atomic E-state index is 3.91. The predicted octanol–water partition coefficient (Wildman–Crippen LogP) is 1.24. The molecule has 1 heterocycles. The van der Waals surface area contributed by atoms with Crippen molar-refractivity contribution in [2.45, 2.75) is 11.4 Å². The SMILES string of the molecule is CC1(Br)C=NC=CN1. The van der Waals surface area contributed by atoms with Gasteiger partial charge in [-0.15, -0.1) is 0 Å². The molecule has 1 unspecified atom stereocenters. The van der Waals surface area contributed by atoms with Crippen LogP contribution in [0, 0.1) is 0 Å².